The van der Waals surface area contributed by atoms with E-state index in [1.165, 1.54) is 6.92 Å². The lowest BCUT2D eigenvalue weighted by atomic mass is 10.1. The number of rotatable bonds is 3. The van der Waals surface area contributed by atoms with Crippen LogP contribution in [0.2, 0.25) is 5.02 Å². The van der Waals surface area contributed by atoms with Crippen LogP contribution in [0.1, 0.15) is 44.6 Å². The highest BCUT2D eigenvalue weighted by molar-refractivity contribution is 6.31. The minimum atomic E-state index is -0.251. The van der Waals surface area contributed by atoms with Gasteiger partial charge in [-0.1, -0.05) is 17.7 Å². The van der Waals surface area contributed by atoms with E-state index in [0.29, 0.717) is 33.2 Å². The number of hydrogen-bond acceptors (Lipinski definition) is 2. The minimum absolute atomic E-state index is 0.0893. The third kappa shape index (κ3) is 2.85. The summed E-state index contributed by atoms with van der Waals surface area (Å²) in [6, 6.07) is 5.35. The maximum atomic E-state index is 12.5. The van der Waals surface area contributed by atoms with Crippen molar-refractivity contribution >= 4 is 29.0 Å². The molecule has 1 amide bonds. The zero-order chi connectivity index (χ0) is 15.7. The van der Waals surface area contributed by atoms with E-state index in [-0.39, 0.29) is 11.7 Å². The number of halogens is 1. The zero-order valence-electron chi connectivity index (χ0n) is 12.4. The van der Waals surface area contributed by atoms with E-state index in [1.807, 2.05) is 6.92 Å². The highest BCUT2D eigenvalue weighted by atomic mass is 35.5. The lowest BCUT2D eigenvalue weighted by Gasteiger charge is -2.10. The number of anilines is 1. The fourth-order valence-corrected chi connectivity index (χ4v) is 2.54. The number of Topliss-reactive ketones (excluding diaryl/α,β-unsaturated/α-hetero) is 1. The Morgan fingerprint density at radius 1 is 1.14 bits per heavy atom. The highest BCUT2D eigenvalue weighted by Crippen LogP contribution is 2.25. The quantitative estimate of drug-likeness (QED) is 0.840. The van der Waals surface area contributed by atoms with E-state index in [0.717, 1.165) is 5.56 Å². The molecule has 2 rings (SSSR count). The van der Waals surface area contributed by atoms with Crippen LogP contribution in [0.3, 0.4) is 0 Å². The van der Waals surface area contributed by atoms with Gasteiger partial charge in [-0.15, -0.1) is 0 Å². The van der Waals surface area contributed by atoms with Crippen LogP contribution in [0.25, 0.3) is 0 Å². The maximum Gasteiger partial charge on any atom is 0.257 e. The number of aryl methyl sites for hydroxylation is 1. The van der Waals surface area contributed by atoms with E-state index < -0.39 is 0 Å². The summed E-state index contributed by atoms with van der Waals surface area (Å²) in [4.78, 5) is 27.0. The summed E-state index contributed by atoms with van der Waals surface area (Å²) in [5, 5.41) is 3.44. The van der Waals surface area contributed by atoms with Crippen molar-refractivity contribution in [2.75, 3.05) is 5.32 Å². The SMILES string of the molecule is CC(=O)c1[nH]c(C)c(C(=O)Nc2cccc(Cl)c2C)c1C. The first-order valence-corrected chi connectivity index (χ1v) is 6.97. The highest BCUT2D eigenvalue weighted by Gasteiger charge is 2.20. The van der Waals surface area contributed by atoms with E-state index in [4.69, 9.17) is 11.6 Å². The third-order valence-corrected chi connectivity index (χ3v) is 3.94. The van der Waals surface area contributed by atoms with Gasteiger partial charge in [0.25, 0.3) is 5.91 Å². The third-order valence-electron chi connectivity index (χ3n) is 3.53. The molecule has 1 heterocycles. The lowest BCUT2D eigenvalue weighted by Crippen LogP contribution is -2.14. The van der Waals surface area contributed by atoms with Gasteiger partial charge in [0.15, 0.2) is 5.78 Å². The number of amides is 1. The average Bonchev–Trinajstić information content (AvgIpc) is 2.70. The average molecular weight is 305 g/mol. The number of ketones is 1. The van der Waals surface area contributed by atoms with Crippen molar-refractivity contribution in [1.29, 1.82) is 0 Å². The summed E-state index contributed by atoms with van der Waals surface area (Å²) in [7, 11) is 0. The first-order valence-electron chi connectivity index (χ1n) is 6.59. The van der Waals surface area contributed by atoms with Crippen molar-refractivity contribution in [3.8, 4) is 0 Å². The molecule has 1 aromatic heterocycles. The van der Waals surface area contributed by atoms with Crippen LogP contribution in [0.4, 0.5) is 5.69 Å². The molecule has 0 aliphatic heterocycles. The van der Waals surface area contributed by atoms with E-state index >= 15 is 0 Å². The molecule has 110 valence electrons. The molecule has 2 N–H and O–H groups in total. The number of carbonyl (C=O) groups excluding carboxylic acids is 2. The molecule has 0 fully saturated rings. The second-order valence-electron chi connectivity index (χ2n) is 5.05. The molecule has 0 aliphatic carbocycles. The van der Waals surface area contributed by atoms with Crippen molar-refractivity contribution in [1.82, 2.24) is 4.98 Å². The molecule has 0 radical (unpaired) electrons. The molecule has 2 aromatic rings. The topological polar surface area (TPSA) is 62.0 Å². The van der Waals surface area contributed by atoms with Gasteiger partial charge in [-0.05, 0) is 44.0 Å². The predicted molar refractivity (Wildman–Crippen MR) is 84.4 cm³/mol. The van der Waals surface area contributed by atoms with Crippen molar-refractivity contribution < 1.29 is 9.59 Å². The van der Waals surface area contributed by atoms with Gasteiger partial charge in [-0.25, -0.2) is 0 Å². The van der Waals surface area contributed by atoms with Gasteiger partial charge in [0.2, 0.25) is 0 Å². The molecule has 1 aromatic carbocycles. The second-order valence-corrected chi connectivity index (χ2v) is 5.45. The molecule has 0 unspecified atom stereocenters. The van der Waals surface area contributed by atoms with E-state index in [2.05, 4.69) is 10.3 Å². The number of carbonyl (C=O) groups is 2. The Morgan fingerprint density at radius 3 is 2.38 bits per heavy atom. The van der Waals surface area contributed by atoms with Crippen LogP contribution < -0.4 is 5.32 Å². The largest absolute Gasteiger partial charge is 0.355 e. The molecule has 0 saturated heterocycles. The number of nitrogens with one attached hydrogen (secondary N) is 2. The first-order chi connectivity index (χ1) is 9.82. The molecular formula is C16H17ClN2O2. The molecule has 0 aliphatic rings. The molecule has 0 spiro atoms. The summed E-state index contributed by atoms with van der Waals surface area (Å²) >= 11 is 6.05. The molecular weight excluding hydrogens is 288 g/mol. The van der Waals surface area contributed by atoms with Gasteiger partial charge in [0.1, 0.15) is 0 Å². The molecule has 4 nitrogen and oxygen atoms in total. The Labute approximate surface area is 128 Å². The van der Waals surface area contributed by atoms with Gasteiger partial charge < -0.3 is 10.3 Å². The number of hydrogen-bond donors (Lipinski definition) is 2. The van der Waals surface area contributed by atoms with Crippen LogP contribution in [0.5, 0.6) is 0 Å². The summed E-state index contributed by atoms with van der Waals surface area (Å²) in [5.74, 6) is -0.340. The maximum absolute atomic E-state index is 12.5. The van der Waals surface area contributed by atoms with Gasteiger partial charge in [-0.2, -0.15) is 0 Å². The van der Waals surface area contributed by atoms with E-state index in [1.54, 1.807) is 32.0 Å². The van der Waals surface area contributed by atoms with Crippen LogP contribution in [-0.4, -0.2) is 16.7 Å². The monoisotopic (exact) mass is 304 g/mol. The Bertz CT molecular complexity index is 732. The molecule has 0 saturated carbocycles. The van der Waals surface area contributed by atoms with Gasteiger partial charge >= 0.3 is 0 Å². The summed E-state index contributed by atoms with van der Waals surface area (Å²) in [6.07, 6.45) is 0. The van der Waals surface area contributed by atoms with Gasteiger partial charge in [-0.3, -0.25) is 9.59 Å². The number of aromatic nitrogens is 1. The van der Waals surface area contributed by atoms with Crippen LogP contribution >= 0.6 is 11.6 Å². The van der Waals surface area contributed by atoms with Crippen LogP contribution in [0.15, 0.2) is 18.2 Å². The summed E-state index contributed by atoms with van der Waals surface area (Å²) < 4.78 is 0. The first kappa shape index (κ1) is 15.3. The molecule has 0 atom stereocenters. The Balaban J connectivity index is 2.38. The van der Waals surface area contributed by atoms with Crippen molar-refractivity contribution in [2.24, 2.45) is 0 Å². The fraction of sp³-hybridized carbons (Fsp3) is 0.250. The second kappa shape index (κ2) is 5.74. The molecule has 5 heteroatoms. The Hall–Kier alpha value is -2.07. The van der Waals surface area contributed by atoms with Crippen molar-refractivity contribution in [3.63, 3.8) is 0 Å². The standard InChI is InChI=1S/C16H17ClN2O2/c1-8-12(17)6-5-7-13(8)19-16(21)14-9(2)15(11(4)20)18-10(14)3/h5-7,18H,1-4H3,(H,19,21). The Morgan fingerprint density at radius 2 is 1.81 bits per heavy atom. The zero-order valence-corrected chi connectivity index (χ0v) is 13.2. The normalized spacial score (nSPS) is 10.5. The smallest absolute Gasteiger partial charge is 0.257 e. The summed E-state index contributed by atoms with van der Waals surface area (Å²) in [6.45, 7) is 6.86. The number of H-pyrrole nitrogens is 1. The van der Waals surface area contributed by atoms with Crippen LogP contribution in [0, 0.1) is 20.8 Å². The Kier molecular flexibility index (Phi) is 4.19. The van der Waals surface area contributed by atoms with Crippen molar-refractivity contribution in [2.45, 2.75) is 27.7 Å². The number of aromatic amines is 1. The molecule has 21 heavy (non-hydrogen) atoms. The molecule has 0 bridgehead atoms. The predicted octanol–water partition coefficient (Wildman–Crippen LogP) is 4.05. The van der Waals surface area contributed by atoms with Crippen molar-refractivity contribution in [3.05, 3.63) is 51.3 Å². The minimum Gasteiger partial charge on any atom is -0.355 e. The van der Waals surface area contributed by atoms with Gasteiger partial charge in [0.05, 0.1) is 11.3 Å². The lowest BCUT2D eigenvalue weighted by molar-refractivity contribution is 0.101. The van der Waals surface area contributed by atoms with E-state index in [9.17, 15) is 9.59 Å². The van der Waals surface area contributed by atoms with Gasteiger partial charge in [0, 0.05) is 23.3 Å². The number of benzene rings is 1. The van der Waals surface area contributed by atoms with Crippen LogP contribution in [-0.2, 0) is 0 Å². The summed E-state index contributed by atoms with van der Waals surface area (Å²) in [5.41, 5.74) is 3.79. The fourth-order valence-electron chi connectivity index (χ4n) is 2.37.